The number of aliphatic carboxylic acids is 1. The molecule has 0 spiro atoms. The maximum Gasteiger partial charge on any atom is 0.303 e. The van der Waals surface area contributed by atoms with Crippen LogP contribution in [-0.2, 0) is 4.79 Å². The van der Waals surface area contributed by atoms with E-state index in [1.807, 2.05) is 0 Å². The Hall–Kier alpha value is -1.96. The van der Waals surface area contributed by atoms with Crippen molar-refractivity contribution in [1.29, 1.82) is 0 Å². The molecule has 0 aliphatic rings. The molecule has 0 aromatic heterocycles. The van der Waals surface area contributed by atoms with Gasteiger partial charge in [-0.3, -0.25) is 19.7 Å². The number of amides is 1. The van der Waals surface area contributed by atoms with E-state index >= 15 is 0 Å². The van der Waals surface area contributed by atoms with Crippen LogP contribution in [0.5, 0.6) is 0 Å². The van der Waals surface area contributed by atoms with Gasteiger partial charge in [0.1, 0.15) is 0 Å². The van der Waals surface area contributed by atoms with Crippen LogP contribution in [0.3, 0.4) is 0 Å². The van der Waals surface area contributed by atoms with Gasteiger partial charge in [0, 0.05) is 35.1 Å². The lowest BCUT2D eigenvalue weighted by Crippen LogP contribution is -2.29. The molecule has 108 valence electrons. The van der Waals surface area contributed by atoms with Crippen LogP contribution >= 0.6 is 15.9 Å². The van der Waals surface area contributed by atoms with Crippen molar-refractivity contribution in [2.24, 2.45) is 5.92 Å². The van der Waals surface area contributed by atoms with Crippen LogP contribution in [0.1, 0.15) is 23.7 Å². The predicted octanol–water partition coefficient (Wildman–Crippen LogP) is 2.20. The molecule has 0 aliphatic heterocycles. The van der Waals surface area contributed by atoms with Crippen LogP contribution in [0.2, 0.25) is 0 Å². The van der Waals surface area contributed by atoms with E-state index in [4.69, 9.17) is 5.11 Å². The minimum absolute atomic E-state index is 0.0566. The molecule has 1 aromatic carbocycles. The lowest BCUT2D eigenvalue weighted by atomic mass is 10.1. The first-order chi connectivity index (χ1) is 9.29. The molecule has 0 radical (unpaired) electrons. The molecule has 0 saturated carbocycles. The number of nitrogens with zero attached hydrogens (tertiary/aromatic N) is 1. The van der Waals surface area contributed by atoms with Crippen LogP contribution < -0.4 is 5.32 Å². The SMILES string of the molecule is CC(CNC(=O)c1cc(Br)cc([N+](=O)[O-])c1)CC(=O)O. The van der Waals surface area contributed by atoms with Crippen molar-refractivity contribution in [2.75, 3.05) is 6.54 Å². The molecule has 7 nitrogen and oxygen atoms in total. The summed E-state index contributed by atoms with van der Waals surface area (Å²) in [5.74, 6) is -1.64. The number of carboxylic acids is 1. The number of carboxylic acid groups (broad SMARTS) is 1. The van der Waals surface area contributed by atoms with Crippen molar-refractivity contribution in [3.8, 4) is 0 Å². The van der Waals surface area contributed by atoms with Gasteiger partial charge in [-0.2, -0.15) is 0 Å². The summed E-state index contributed by atoms with van der Waals surface area (Å²) in [6, 6.07) is 3.93. The maximum absolute atomic E-state index is 11.9. The molecular weight excluding hydrogens is 332 g/mol. The number of halogens is 1. The third-order valence-corrected chi connectivity index (χ3v) is 2.95. The van der Waals surface area contributed by atoms with E-state index < -0.39 is 16.8 Å². The second kappa shape index (κ2) is 6.99. The van der Waals surface area contributed by atoms with Gasteiger partial charge in [0.2, 0.25) is 0 Å². The van der Waals surface area contributed by atoms with Crippen LogP contribution in [0.4, 0.5) is 5.69 Å². The smallest absolute Gasteiger partial charge is 0.303 e. The van der Waals surface area contributed by atoms with Gasteiger partial charge in [0.15, 0.2) is 0 Å². The standard InChI is InChI=1S/C12H13BrN2O5/c1-7(2-11(16)17)6-14-12(18)8-3-9(13)5-10(4-8)15(19)20/h3-5,7H,2,6H2,1H3,(H,14,18)(H,16,17). The molecule has 8 heteroatoms. The number of non-ortho nitro benzene ring substituents is 1. The fraction of sp³-hybridized carbons (Fsp3) is 0.333. The van der Waals surface area contributed by atoms with Crippen molar-refractivity contribution < 1.29 is 19.6 Å². The number of nitro benzene ring substituents is 1. The largest absolute Gasteiger partial charge is 0.481 e. The number of carbonyl (C=O) groups excluding carboxylic acids is 1. The zero-order valence-corrected chi connectivity index (χ0v) is 12.2. The Balaban J connectivity index is 2.73. The number of nitro groups is 1. The lowest BCUT2D eigenvalue weighted by Gasteiger charge is -2.10. The molecule has 1 amide bonds. The van der Waals surface area contributed by atoms with Gasteiger partial charge >= 0.3 is 5.97 Å². The van der Waals surface area contributed by atoms with Crippen molar-refractivity contribution in [2.45, 2.75) is 13.3 Å². The highest BCUT2D eigenvalue weighted by atomic mass is 79.9. The van der Waals surface area contributed by atoms with Gasteiger partial charge in [0.25, 0.3) is 11.6 Å². The highest BCUT2D eigenvalue weighted by Crippen LogP contribution is 2.21. The highest BCUT2D eigenvalue weighted by Gasteiger charge is 2.15. The average Bonchev–Trinajstić information content (AvgIpc) is 2.34. The first-order valence-corrected chi connectivity index (χ1v) is 6.54. The van der Waals surface area contributed by atoms with E-state index in [1.54, 1.807) is 6.92 Å². The Bertz CT molecular complexity index is 547. The third-order valence-electron chi connectivity index (χ3n) is 2.49. The summed E-state index contributed by atoms with van der Waals surface area (Å²) >= 11 is 3.10. The first-order valence-electron chi connectivity index (χ1n) is 5.74. The molecule has 1 unspecified atom stereocenters. The molecule has 2 N–H and O–H groups in total. The van der Waals surface area contributed by atoms with E-state index in [0.29, 0.717) is 4.47 Å². The average molecular weight is 345 g/mol. The second-order valence-corrected chi connectivity index (χ2v) is 5.28. The van der Waals surface area contributed by atoms with E-state index in [1.165, 1.54) is 18.2 Å². The van der Waals surface area contributed by atoms with E-state index in [-0.39, 0.29) is 30.1 Å². The minimum Gasteiger partial charge on any atom is -0.481 e. The van der Waals surface area contributed by atoms with E-state index in [2.05, 4.69) is 21.2 Å². The van der Waals surface area contributed by atoms with Gasteiger partial charge in [0.05, 0.1) is 4.92 Å². The topological polar surface area (TPSA) is 110 Å². The first kappa shape index (κ1) is 16.1. The summed E-state index contributed by atoms with van der Waals surface area (Å²) in [6.45, 7) is 1.88. The zero-order valence-electron chi connectivity index (χ0n) is 10.6. The Morgan fingerprint density at radius 1 is 1.45 bits per heavy atom. The van der Waals surface area contributed by atoms with Crippen molar-refractivity contribution >= 4 is 33.5 Å². The Morgan fingerprint density at radius 3 is 2.65 bits per heavy atom. The van der Waals surface area contributed by atoms with Gasteiger partial charge in [-0.15, -0.1) is 0 Å². The molecule has 0 heterocycles. The molecule has 1 atom stereocenters. The number of hydrogen-bond acceptors (Lipinski definition) is 4. The molecule has 0 fully saturated rings. The Kier molecular flexibility index (Phi) is 5.63. The monoisotopic (exact) mass is 344 g/mol. The number of carbonyl (C=O) groups is 2. The van der Waals surface area contributed by atoms with E-state index in [0.717, 1.165) is 0 Å². The quantitative estimate of drug-likeness (QED) is 0.607. The maximum atomic E-state index is 11.9. The summed E-state index contributed by atoms with van der Waals surface area (Å²) in [5, 5.41) is 21.9. The molecule has 1 aromatic rings. The summed E-state index contributed by atoms with van der Waals surface area (Å²) in [6.07, 6.45) is -0.0566. The highest BCUT2D eigenvalue weighted by molar-refractivity contribution is 9.10. The summed E-state index contributed by atoms with van der Waals surface area (Å²) in [5.41, 5.74) is -0.0447. The molecule has 0 aliphatic carbocycles. The van der Waals surface area contributed by atoms with Crippen LogP contribution in [0.25, 0.3) is 0 Å². The summed E-state index contributed by atoms with van der Waals surface area (Å²) < 4.78 is 0.426. The number of rotatable bonds is 6. The fourth-order valence-electron chi connectivity index (χ4n) is 1.55. The van der Waals surface area contributed by atoms with Gasteiger partial charge < -0.3 is 10.4 Å². The van der Waals surface area contributed by atoms with Crippen molar-refractivity contribution in [3.63, 3.8) is 0 Å². The summed E-state index contributed by atoms with van der Waals surface area (Å²) in [7, 11) is 0. The molecular formula is C12H13BrN2O5. The molecule has 0 saturated heterocycles. The zero-order chi connectivity index (χ0) is 15.3. The molecule has 20 heavy (non-hydrogen) atoms. The second-order valence-electron chi connectivity index (χ2n) is 4.37. The molecule has 1 rings (SSSR count). The number of hydrogen-bond donors (Lipinski definition) is 2. The molecule has 0 bridgehead atoms. The number of benzene rings is 1. The van der Waals surface area contributed by atoms with Crippen molar-refractivity contribution in [1.82, 2.24) is 5.32 Å². The summed E-state index contributed by atoms with van der Waals surface area (Å²) in [4.78, 5) is 32.5. The lowest BCUT2D eigenvalue weighted by molar-refractivity contribution is -0.385. The van der Waals surface area contributed by atoms with Gasteiger partial charge in [-0.1, -0.05) is 22.9 Å². The van der Waals surface area contributed by atoms with Crippen LogP contribution in [-0.4, -0.2) is 28.5 Å². The van der Waals surface area contributed by atoms with Crippen LogP contribution in [0, 0.1) is 16.0 Å². The van der Waals surface area contributed by atoms with E-state index in [9.17, 15) is 19.7 Å². The Morgan fingerprint density at radius 2 is 2.10 bits per heavy atom. The number of nitrogens with one attached hydrogen (secondary N) is 1. The Labute approximate surface area is 123 Å². The third kappa shape index (κ3) is 4.96. The van der Waals surface area contributed by atoms with Gasteiger partial charge in [-0.25, -0.2) is 0 Å². The minimum atomic E-state index is -0.940. The van der Waals surface area contributed by atoms with Crippen molar-refractivity contribution in [3.05, 3.63) is 38.3 Å². The van der Waals surface area contributed by atoms with Crippen LogP contribution in [0.15, 0.2) is 22.7 Å². The van der Waals surface area contributed by atoms with Gasteiger partial charge in [-0.05, 0) is 12.0 Å². The normalized spacial score (nSPS) is 11.7. The predicted molar refractivity (Wildman–Crippen MR) is 74.5 cm³/mol. The fourth-order valence-corrected chi connectivity index (χ4v) is 2.03.